The molecule has 0 saturated carbocycles. The van der Waals surface area contributed by atoms with Crippen molar-refractivity contribution in [1.29, 1.82) is 0 Å². The van der Waals surface area contributed by atoms with E-state index in [1.165, 1.54) is 0 Å². The van der Waals surface area contributed by atoms with Gasteiger partial charge in [0.2, 0.25) is 0 Å². The normalized spacial score (nSPS) is 11.6. The van der Waals surface area contributed by atoms with Crippen molar-refractivity contribution in [2.75, 3.05) is 12.8 Å². The van der Waals surface area contributed by atoms with Crippen LogP contribution in [0.25, 0.3) is 5.69 Å². The van der Waals surface area contributed by atoms with Gasteiger partial charge in [-0.05, 0) is 24.3 Å². The molecule has 18 heavy (non-hydrogen) atoms. The fourth-order valence-electron chi connectivity index (χ4n) is 1.90. The molecule has 2 rings (SSSR count). The van der Waals surface area contributed by atoms with Crippen molar-refractivity contribution in [3.63, 3.8) is 0 Å². The Morgan fingerprint density at radius 1 is 1.17 bits per heavy atom. The summed E-state index contributed by atoms with van der Waals surface area (Å²) in [5.41, 5.74) is 7.62. The lowest BCUT2D eigenvalue weighted by Crippen LogP contribution is -2.19. The van der Waals surface area contributed by atoms with Crippen molar-refractivity contribution in [1.82, 2.24) is 15.0 Å². The van der Waals surface area contributed by atoms with Crippen LogP contribution < -0.4 is 10.5 Å². The third-order valence-corrected chi connectivity index (χ3v) is 2.72. The number of methoxy groups -OCH3 is 1. The molecule has 1 aromatic heterocycles. The van der Waals surface area contributed by atoms with Gasteiger partial charge in [0.15, 0.2) is 5.82 Å². The van der Waals surface area contributed by atoms with Crippen LogP contribution in [0.5, 0.6) is 5.75 Å². The number of nitrogens with zero attached hydrogens (tertiary/aromatic N) is 3. The van der Waals surface area contributed by atoms with Gasteiger partial charge in [-0.15, -0.1) is 5.10 Å². The zero-order valence-corrected chi connectivity index (χ0v) is 11.1. The summed E-state index contributed by atoms with van der Waals surface area (Å²) in [6.45, 7) is 6.26. The van der Waals surface area contributed by atoms with E-state index in [9.17, 15) is 0 Å². The van der Waals surface area contributed by atoms with Crippen LogP contribution in [0.3, 0.4) is 0 Å². The molecule has 1 aromatic carbocycles. The summed E-state index contributed by atoms with van der Waals surface area (Å²) in [6, 6.07) is 7.64. The molecule has 0 unspecified atom stereocenters. The molecule has 0 spiro atoms. The van der Waals surface area contributed by atoms with Crippen molar-refractivity contribution < 1.29 is 4.74 Å². The Hall–Kier alpha value is -2.04. The van der Waals surface area contributed by atoms with E-state index in [-0.39, 0.29) is 5.41 Å². The number of nitrogen functional groups attached to an aromatic ring is 1. The van der Waals surface area contributed by atoms with Crippen LogP contribution in [0.1, 0.15) is 26.5 Å². The number of nitrogens with two attached hydrogens (primary N) is 1. The lowest BCUT2D eigenvalue weighted by atomic mass is 9.91. The Labute approximate surface area is 107 Å². The lowest BCUT2D eigenvalue weighted by molar-refractivity contribution is 0.414. The van der Waals surface area contributed by atoms with Crippen molar-refractivity contribution in [3.8, 4) is 11.4 Å². The molecule has 2 aromatic rings. The van der Waals surface area contributed by atoms with E-state index >= 15 is 0 Å². The number of hydrogen-bond acceptors (Lipinski definition) is 4. The average Bonchev–Trinajstić information content (AvgIpc) is 2.71. The Bertz CT molecular complexity index is 537. The van der Waals surface area contributed by atoms with Crippen molar-refractivity contribution >= 4 is 5.82 Å². The minimum Gasteiger partial charge on any atom is -0.497 e. The highest BCUT2D eigenvalue weighted by atomic mass is 16.5. The molecule has 1 heterocycles. The van der Waals surface area contributed by atoms with E-state index in [0.717, 1.165) is 17.1 Å². The molecule has 0 atom stereocenters. The second-order valence-electron chi connectivity index (χ2n) is 5.18. The summed E-state index contributed by atoms with van der Waals surface area (Å²) >= 11 is 0. The van der Waals surface area contributed by atoms with Gasteiger partial charge in [-0.1, -0.05) is 26.0 Å². The quantitative estimate of drug-likeness (QED) is 0.881. The van der Waals surface area contributed by atoms with Gasteiger partial charge in [-0.25, -0.2) is 4.68 Å². The summed E-state index contributed by atoms with van der Waals surface area (Å²) in [4.78, 5) is 0. The van der Waals surface area contributed by atoms with E-state index in [1.54, 1.807) is 11.8 Å². The summed E-state index contributed by atoms with van der Waals surface area (Å²) in [6.07, 6.45) is 0. The van der Waals surface area contributed by atoms with E-state index in [2.05, 4.69) is 31.1 Å². The van der Waals surface area contributed by atoms with Gasteiger partial charge in [0.25, 0.3) is 0 Å². The van der Waals surface area contributed by atoms with Crippen LogP contribution >= 0.6 is 0 Å². The first-order valence-corrected chi connectivity index (χ1v) is 5.79. The first-order chi connectivity index (χ1) is 8.43. The predicted octanol–water partition coefficient (Wildman–Crippen LogP) is 2.16. The summed E-state index contributed by atoms with van der Waals surface area (Å²) in [7, 11) is 1.64. The zero-order chi connectivity index (χ0) is 13.3. The van der Waals surface area contributed by atoms with Gasteiger partial charge in [0.05, 0.1) is 18.5 Å². The van der Waals surface area contributed by atoms with Crippen LogP contribution in [-0.4, -0.2) is 22.1 Å². The number of ether oxygens (including phenoxy) is 1. The van der Waals surface area contributed by atoms with Crippen LogP contribution in [0, 0.1) is 0 Å². The summed E-state index contributed by atoms with van der Waals surface area (Å²) in [5, 5.41) is 8.07. The number of benzene rings is 1. The van der Waals surface area contributed by atoms with Gasteiger partial charge in [0, 0.05) is 5.41 Å². The second kappa shape index (κ2) is 4.33. The van der Waals surface area contributed by atoms with Crippen LogP contribution in [0.4, 0.5) is 5.82 Å². The Kier molecular flexibility index (Phi) is 2.98. The highest BCUT2D eigenvalue weighted by molar-refractivity contribution is 5.45. The van der Waals surface area contributed by atoms with Crippen molar-refractivity contribution in [3.05, 3.63) is 30.0 Å². The molecule has 0 aliphatic carbocycles. The molecule has 0 radical (unpaired) electrons. The van der Waals surface area contributed by atoms with Gasteiger partial charge >= 0.3 is 0 Å². The highest BCUT2D eigenvalue weighted by Gasteiger charge is 2.24. The van der Waals surface area contributed by atoms with Crippen LogP contribution in [-0.2, 0) is 5.41 Å². The van der Waals surface area contributed by atoms with E-state index < -0.39 is 0 Å². The van der Waals surface area contributed by atoms with E-state index in [0.29, 0.717) is 5.82 Å². The van der Waals surface area contributed by atoms with Crippen molar-refractivity contribution in [2.45, 2.75) is 26.2 Å². The fourth-order valence-corrected chi connectivity index (χ4v) is 1.90. The minimum absolute atomic E-state index is 0.118. The van der Waals surface area contributed by atoms with E-state index in [4.69, 9.17) is 10.5 Å². The summed E-state index contributed by atoms with van der Waals surface area (Å²) < 4.78 is 6.91. The topological polar surface area (TPSA) is 66.0 Å². The second-order valence-corrected chi connectivity index (χ2v) is 5.18. The monoisotopic (exact) mass is 246 g/mol. The maximum atomic E-state index is 5.90. The first-order valence-electron chi connectivity index (χ1n) is 5.79. The first kappa shape index (κ1) is 12.4. The predicted molar refractivity (Wildman–Crippen MR) is 71.0 cm³/mol. The van der Waals surface area contributed by atoms with Gasteiger partial charge in [-0.2, -0.15) is 0 Å². The molecule has 5 nitrogen and oxygen atoms in total. The van der Waals surface area contributed by atoms with Crippen LogP contribution in [0.15, 0.2) is 24.3 Å². The third-order valence-electron chi connectivity index (χ3n) is 2.72. The third kappa shape index (κ3) is 2.16. The number of aromatic nitrogens is 3. The molecule has 0 amide bonds. The highest BCUT2D eigenvalue weighted by Crippen LogP contribution is 2.28. The molecule has 0 aliphatic rings. The standard InChI is InChI=1S/C13H18N4O/c1-13(2,3)11-12(14)15-16-17(11)9-5-7-10(18-4)8-6-9/h5-8H,14H2,1-4H3. The Morgan fingerprint density at radius 3 is 2.28 bits per heavy atom. The zero-order valence-electron chi connectivity index (χ0n) is 11.1. The molecular formula is C13H18N4O. The largest absolute Gasteiger partial charge is 0.497 e. The molecule has 0 bridgehead atoms. The van der Waals surface area contributed by atoms with Gasteiger partial charge in [-0.3, -0.25) is 0 Å². The van der Waals surface area contributed by atoms with Gasteiger partial charge in [0.1, 0.15) is 5.75 Å². The van der Waals surface area contributed by atoms with Gasteiger partial charge < -0.3 is 10.5 Å². The average molecular weight is 246 g/mol. The maximum absolute atomic E-state index is 5.90. The fraction of sp³-hybridized carbons (Fsp3) is 0.385. The molecular weight excluding hydrogens is 228 g/mol. The van der Waals surface area contributed by atoms with Crippen LogP contribution in [0.2, 0.25) is 0 Å². The SMILES string of the molecule is COc1ccc(-n2nnc(N)c2C(C)(C)C)cc1. The summed E-state index contributed by atoms with van der Waals surface area (Å²) in [5.74, 6) is 1.28. The minimum atomic E-state index is -0.118. The number of anilines is 1. The lowest BCUT2D eigenvalue weighted by Gasteiger charge is -2.20. The number of rotatable bonds is 2. The smallest absolute Gasteiger partial charge is 0.170 e. The number of hydrogen-bond donors (Lipinski definition) is 1. The molecule has 96 valence electrons. The maximum Gasteiger partial charge on any atom is 0.170 e. The molecule has 5 heteroatoms. The van der Waals surface area contributed by atoms with Crippen molar-refractivity contribution in [2.24, 2.45) is 0 Å². The molecule has 2 N–H and O–H groups in total. The molecule has 0 saturated heterocycles. The molecule has 0 aliphatic heterocycles. The van der Waals surface area contributed by atoms with E-state index in [1.807, 2.05) is 24.3 Å². The Balaban J connectivity index is 2.51. The Morgan fingerprint density at radius 2 is 1.78 bits per heavy atom. The molecule has 0 fully saturated rings.